The molecule has 1 heterocycles. The van der Waals surface area contributed by atoms with Crippen LogP contribution in [-0.2, 0) is 4.74 Å². The smallest absolute Gasteiger partial charge is 0.340 e. The summed E-state index contributed by atoms with van der Waals surface area (Å²) in [5.41, 5.74) is 2.65. The lowest BCUT2D eigenvalue weighted by molar-refractivity contribution is 0.0529. The zero-order chi connectivity index (χ0) is 18.3. The van der Waals surface area contributed by atoms with Crippen LogP contribution >= 0.6 is 11.6 Å². The van der Waals surface area contributed by atoms with Crippen LogP contribution in [0.25, 0.3) is 32.9 Å². The zero-order valence-corrected chi connectivity index (χ0v) is 14.8. The van der Waals surface area contributed by atoms with Gasteiger partial charge in [0.25, 0.3) is 0 Å². The first-order valence-corrected chi connectivity index (χ1v) is 8.67. The van der Waals surface area contributed by atoms with Gasteiger partial charge in [-0.15, -0.1) is 0 Å². The number of nitrogens with one attached hydrogen (secondary N) is 1. The van der Waals surface area contributed by atoms with Crippen LogP contribution in [0.2, 0.25) is 5.02 Å². The number of phenols is 1. The minimum Gasteiger partial charge on any atom is -0.507 e. The Bertz CT molecular complexity index is 1130. The van der Waals surface area contributed by atoms with Crippen LogP contribution in [0.5, 0.6) is 5.75 Å². The molecule has 4 rings (SSSR count). The fourth-order valence-corrected chi connectivity index (χ4v) is 3.38. The summed E-state index contributed by atoms with van der Waals surface area (Å²) in [5, 5.41) is 13.2. The fraction of sp³-hybridized carbons (Fsp3) is 0.0952. The number of aromatic hydroxyl groups is 1. The molecule has 4 nitrogen and oxygen atoms in total. The molecule has 1 aromatic heterocycles. The minimum absolute atomic E-state index is 0.125. The Hall–Kier alpha value is -2.98. The Morgan fingerprint density at radius 3 is 2.46 bits per heavy atom. The maximum atomic E-state index is 12.7. The second-order valence-corrected chi connectivity index (χ2v) is 6.40. The second kappa shape index (κ2) is 6.39. The number of hydrogen-bond donors (Lipinski definition) is 2. The highest BCUT2D eigenvalue weighted by Gasteiger charge is 2.23. The van der Waals surface area contributed by atoms with Crippen LogP contribution in [0.1, 0.15) is 17.3 Å². The first-order valence-electron chi connectivity index (χ1n) is 8.29. The van der Waals surface area contributed by atoms with Crippen LogP contribution in [0.4, 0.5) is 0 Å². The number of esters is 1. The third-order valence-corrected chi connectivity index (χ3v) is 4.66. The third kappa shape index (κ3) is 2.59. The van der Waals surface area contributed by atoms with Gasteiger partial charge in [0.1, 0.15) is 5.75 Å². The van der Waals surface area contributed by atoms with E-state index in [4.69, 9.17) is 16.3 Å². The van der Waals surface area contributed by atoms with E-state index in [9.17, 15) is 9.90 Å². The molecule has 4 aromatic rings. The molecular formula is C21H16ClNO3. The monoisotopic (exact) mass is 365 g/mol. The molecular weight excluding hydrogens is 350 g/mol. The lowest BCUT2D eigenvalue weighted by atomic mass is 10.0. The Morgan fingerprint density at radius 1 is 1.08 bits per heavy atom. The normalized spacial score (nSPS) is 11.2. The van der Waals surface area contributed by atoms with Crippen molar-refractivity contribution < 1.29 is 14.6 Å². The number of rotatable bonds is 3. The number of ether oxygens (including phenoxy) is 1. The van der Waals surface area contributed by atoms with Gasteiger partial charge in [-0.25, -0.2) is 4.79 Å². The molecule has 0 aliphatic heterocycles. The van der Waals surface area contributed by atoms with E-state index in [0.717, 1.165) is 21.9 Å². The van der Waals surface area contributed by atoms with Gasteiger partial charge in [0.05, 0.1) is 23.4 Å². The molecule has 2 N–H and O–H groups in total. The number of fused-ring (bicyclic) bond motifs is 3. The lowest BCUT2D eigenvalue weighted by Crippen LogP contribution is -2.05. The van der Waals surface area contributed by atoms with E-state index in [1.54, 1.807) is 25.1 Å². The van der Waals surface area contributed by atoms with E-state index in [0.29, 0.717) is 21.7 Å². The van der Waals surface area contributed by atoms with Crippen molar-refractivity contribution in [2.75, 3.05) is 6.61 Å². The largest absolute Gasteiger partial charge is 0.507 e. The number of carbonyl (C=O) groups excluding carboxylic acids is 1. The quantitative estimate of drug-likeness (QED) is 0.469. The van der Waals surface area contributed by atoms with Gasteiger partial charge in [0, 0.05) is 21.2 Å². The van der Waals surface area contributed by atoms with Gasteiger partial charge in [-0.05, 0) is 30.7 Å². The van der Waals surface area contributed by atoms with E-state index in [1.165, 1.54) is 0 Å². The van der Waals surface area contributed by atoms with E-state index in [2.05, 4.69) is 4.98 Å². The van der Waals surface area contributed by atoms with Crippen molar-refractivity contribution >= 4 is 39.2 Å². The van der Waals surface area contributed by atoms with Crippen molar-refractivity contribution in [2.24, 2.45) is 0 Å². The highest BCUT2D eigenvalue weighted by molar-refractivity contribution is 6.30. The second-order valence-electron chi connectivity index (χ2n) is 5.97. The van der Waals surface area contributed by atoms with E-state index < -0.39 is 5.97 Å². The summed E-state index contributed by atoms with van der Waals surface area (Å²) < 4.78 is 5.27. The van der Waals surface area contributed by atoms with E-state index >= 15 is 0 Å². The maximum Gasteiger partial charge on any atom is 0.340 e. The fourth-order valence-electron chi connectivity index (χ4n) is 3.26. The first-order chi connectivity index (χ1) is 12.6. The van der Waals surface area contributed by atoms with E-state index in [1.807, 2.05) is 36.4 Å². The van der Waals surface area contributed by atoms with Gasteiger partial charge in [0.15, 0.2) is 0 Å². The van der Waals surface area contributed by atoms with Crippen molar-refractivity contribution in [1.29, 1.82) is 0 Å². The number of benzene rings is 3. The van der Waals surface area contributed by atoms with Crippen LogP contribution in [0, 0.1) is 0 Å². The summed E-state index contributed by atoms with van der Waals surface area (Å²) in [4.78, 5) is 16.0. The number of halogens is 1. The molecule has 0 unspecified atom stereocenters. The van der Waals surface area contributed by atoms with Gasteiger partial charge in [-0.3, -0.25) is 0 Å². The predicted octanol–water partition coefficient (Wildman–Crippen LogP) is 5.52. The van der Waals surface area contributed by atoms with Crippen molar-refractivity contribution in [2.45, 2.75) is 6.92 Å². The summed E-state index contributed by atoms with van der Waals surface area (Å²) >= 11 is 5.99. The highest BCUT2D eigenvalue weighted by Crippen LogP contribution is 2.38. The van der Waals surface area contributed by atoms with Gasteiger partial charge in [-0.2, -0.15) is 0 Å². The average molecular weight is 366 g/mol. The number of aromatic amines is 1. The number of H-pyrrole nitrogens is 1. The predicted molar refractivity (Wildman–Crippen MR) is 104 cm³/mol. The Labute approximate surface area is 155 Å². The molecule has 0 aliphatic rings. The van der Waals surface area contributed by atoms with Crippen LogP contribution in [-0.4, -0.2) is 22.7 Å². The van der Waals surface area contributed by atoms with Gasteiger partial charge in [0.2, 0.25) is 0 Å². The number of hydrogen-bond acceptors (Lipinski definition) is 3. The van der Waals surface area contributed by atoms with Crippen LogP contribution in [0.3, 0.4) is 0 Å². The summed E-state index contributed by atoms with van der Waals surface area (Å²) in [6, 6.07) is 16.4. The summed E-state index contributed by atoms with van der Waals surface area (Å²) in [5.74, 6) is -0.307. The molecule has 5 heteroatoms. The van der Waals surface area contributed by atoms with Crippen molar-refractivity contribution in [3.8, 4) is 17.0 Å². The lowest BCUT2D eigenvalue weighted by Gasteiger charge is -2.06. The standard InChI is InChI=1S/C21H16ClNO3/c1-2-26-21(25)18-16-11-17(24)14-5-3-4-6-15(14)20(16)23-19(18)12-7-9-13(22)10-8-12/h3-11,23-24H,2H2,1H3. The van der Waals surface area contributed by atoms with Crippen LogP contribution in [0.15, 0.2) is 54.6 Å². The Kier molecular flexibility index (Phi) is 4.05. The average Bonchev–Trinajstić information content (AvgIpc) is 3.02. The topological polar surface area (TPSA) is 62.3 Å². The van der Waals surface area contributed by atoms with Gasteiger partial charge >= 0.3 is 5.97 Å². The maximum absolute atomic E-state index is 12.7. The SMILES string of the molecule is CCOC(=O)c1c(-c2ccc(Cl)cc2)[nH]c2c1cc(O)c1ccccc12. The highest BCUT2D eigenvalue weighted by atomic mass is 35.5. The molecule has 0 spiro atoms. The minimum atomic E-state index is -0.432. The molecule has 130 valence electrons. The number of aromatic nitrogens is 1. The number of phenolic OH excluding ortho intramolecular Hbond substituents is 1. The summed E-state index contributed by atoms with van der Waals surface area (Å²) in [7, 11) is 0. The van der Waals surface area contributed by atoms with Crippen molar-refractivity contribution in [3.05, 3.63) is 65.2 Å². The van der Waals surface area contributed by atoms with Gasteiger partial charge < -0.3 is 14.8 Å². The van der Waals surface area contributed by atoms with E-state index in [-0.39, 0.29) is 12.4 Å². The molecule has 0 aliphatic carbocycles. The molecule has 0 atom stereocenters. The van der Waals surface area contributed by atoms with Gasteiger partial charge in [-0.1, -0.05) is 48.0 Å². The molecule has 0 radical (unpaired) electrons. The van der Waals surface area contributed by atoms with Crippen LogP contribution < -0.4 is 0 Å². The van der Waals surface area contributed by atoms with Crippen molar-refractivity contribution in [1.82, 2.24) is 4.98 Å². The third-order valence-electron chi connectivity index (χ3n) is 4.40. The molecule has 0 amide bonds. The van der Waals surface area contributed by atoms with Crippen molar-refractivity contribution in [3.63, 3.8) is 0 Å². The Morgan fingerprint density at radius 2 is 1.77 bits per heavy atom. The zero-order valence-electron chi connectivity index (χ0n) is 14.0. The molecule has 0 saturated carbocycles. The summed E-state index contributed by atoms with van der Waals surface area (Å²) in [6.07, 6.45) is 0. The summed E-state index contributed by atoms with van der Waals surface area (Å²) in [6.45, 7) is 2.03. The first kappa shape index (κ1) is 16.5. The number of carbonyl (C=O) groups is 1. The Balaban J connectivity index is 2.10. The molecule has 26 heavy (non-hydrogen) atoms. The molecule has 3 aromatic carbocycles. The molecule has 0 saturated heterocycles. The molecule has 0 bridgehead atoms. The molecule has 0 fully saturated rings.